The molecular weight excluding hydrogens is 152 g/mol. The van der Waals surface area contributed by atoms with Crippen LogP contribution in [0.3, 0.4) is 0 Å². The number of hydrogen-bond acceptors (Lipinski definition) is 0. The average Bonchev–Trinajstić information content (AvgIpc) is 1.69. The van der Waals surface area contributed by atoms with Crippen molar-refractivity contribution in [2.24, 2.45) is 0 Å². The third kappa shape index (κ3) is 6.22. The Morgan fingerprint density at radius 1 is 1.43 bits per heavy atom. The van der Waals surface area contributed by atoms with Crippen LogP contribution in [-0.4, -0.2) is 5.33 Å². The normalized spacial score (nSPS) is 10.6. The molecular formula is C6H11Br. The highest BCUT2D eigenvalue weighted by Gasteiger charge is 1.69. The van der Waals surface area contributed by atoms with Gasteiger partial charge in [0.05, 0.1) is 0 Å². The quantitative estimate of drug-likeness (QED) is 0.443. The van der Waals surface area contributed by atoms with Crippen molar-refractivity contribution >= 4 is 15.9 Å². The summed E-state index contributed by atoms with van der Waals surface area (Å²) < 4.78 is 0. The van der Waals surface area contributed by atoms with Gasteiger partial charge in [0.15, 0.2) is 0 Å². The van der Waals surface area contributed by atoms with E-state index in [1.807, 2.05) is 0 Å². The fourth-order valence-electron chi connectivity index (χ4n) is 0.348. The maximum Gasteiger partial charge on any atom is 0.00659 e. The van der Waals surface area contributed by atoms with E-state index in [-0.39, 0.29) is 0 Å². The van der Waals surface area contributed by atoms with Gasteiger partial charge in [-0.1, -0.05) is 35.0 Å². The van der Waals surface area contributed by atoms with Crippen molar-refractivity contribution in [2.75, 3.05) is 5.33 Å². The van der Waals surface area contributed by atoms with Gasteiger partial charge in [-0.2, -0.15) is 0 Å². The zero-order chi connectivity index (χ0) is 5.54. The molecule has 0 aliphatic carbocycles. The highest BCUT2D eigenvalue weighted by molar-refractivity contribution is 9.09. The van der Waals surface area contributed by atoms with Crippen molar-refractivity contribution in [3.63, 3.8) is 0 Å². The molecule has 42 valence electrons. The minimum absolute atomic E-state index is 1.09. The first-order chi connectivity index (χ1) is 3.41. The first kappa shape index (κ1) is 7.22. The van der Waals surface area contributed by atoms with Gasteiger partial charge in [-0.3, -0.25) is 0 Å². The molecule has 0 amide bonds. The van der Waals surface area contributed by atoms with E-state index in [0.29, 0.717) is 0 Å². The Kier molecular flexibility index (Phi) is 6.42. The van der Waals surface area contributed by atoms with Crippen molar-refractivity contribution in [3.8, 4) is 0 Å². The predicted octanol–water partition coefficient (Wildman–Crippen LogP) is 2.74. The Morgan fingerprint density at radius 3 is 2.57 bits per heavy atom. The molecule has 0 spiro atoms. The van der Waals surface area contributed by atoms with Crippen LogP contribution in [0.15, 0.2) is 12.2 Å². The van der Waals surface area contributed by atoms with Gasteiger partial charge in [0.25, 0.3) is 0 Å². The topological polar surface area (TPSA) is 0 Å². The lowest BCUT2D eigenvalue weighted by Gasteiger charge is -1.78. The van der Waals surface area contributed by atoms with Crippen LogP contribution in [0.4, 0.5) is 0 Å². The summed E-state index contributed by atoms with van der Waals surface area (Å²) in [6.07, 6.45) is 6.69. The number of halogens is 1. The van der Waals surface area contributed by atoms with Crippen molar-refractivity contribution in [1.29, 1.82) is 0 Å². The zero-order valence-corrected chi connectivity index (χ0v) is 6.24. The molecule has 0 saturated heterocycles. The summed E-state index contributed by atoms with van der Waals surface area (Å²) in [5.74, 6) is 0. The van der Waals surface area contributed by atoms with Crippen LogP contribution >= 0.6 is 15.9 Å². The summed E-state index contributed by atoms with van der Waals surface area (Å²) in [5, 5.41) is 1.09. The second-order valence-electron chi connectivity index (χ2n) is 1.36. The Balaban J connectivity index is 2.78. The van der Waals surface area contributed by atoms with Crippen LogP contribution in [0.1, 0.15) is 19.8 Å². The van der Waals surface area contributed by atoms with Crippen molar-refractivity contribution in [1.82, 2.24) is 0 Å². The summed E-state index contributed by atoms with van der Waals surface area (Å²) in [6.45, 7) is 2.14. The number of allylic oxidation sites excluding steroid dienone is 2. The van der Waals surface area contributed by atoms with E-state index in [1.165, 1.54) is 0 Å². The number of rotatable bonds is 3. The summed E-state index contributed by atoms with van der Waals surface area (Å²) >= 11 is 3.33. The first-order valence-electron chi connectivity index (χ1n) is 2.62. The highest BCUT2D eigenvalue weighted by Crippen LogP contribution is 1.89. The van der Waals surface area contributed by atoms with Crippen LogP contribution in [0.2, 0.25) is 0 Å². The average molecular weight is 163 g/mol. The van der Waals surface area contributed by atoms with Crippen LogP contribution < -0.4 is 0 Å². The van der Waals surface area contributed by atoms with E-state index >= 15 is 0 Å². The molecule has 0 fully saturated rings. The molecule has 0 saturated carbocycles. The fraction of sp³-hybridized carbons (Fsp3) is 0.667. The molecule has 1 heteroatoms. The second kappa shape index (κ2) is 6.22. The molecule has 0 N–H and O–H groups in total. The van der Waals surface area contributed by atoms with E-state index in [2.05, 4.69) is 35.0 Å². The largest absolute Gasteiger partial charge is 0.0925 e. The van der Waals surface area contributed by atoms with Gasteiger partial charge < -0.3 is 0 Å². The van der Waals surface area contributed by atoms with E-state index in [0.717, 1.165) is 18.2 Å². The molecule has 0 bridgehead atoms. The Labute approximate surface area is 53.7 Å². The zero-order valence-electron chi connectivity index (χ0n) is 4.65. The standard InChI is InChI=1S/C6H11Br/c1-2-3-4-5-6-7/h3-4H,2,5-6H2,1H3/b4-3+. The third-order valence-electron chi connectivity index (χ3n) is 0.678. The molecule has 0 aromatic carbocycles. The molecule has 0 aromatic heterocycles. The number of hydrogen-bond donors (Lipinski definition) is 0. The lowest BCUT2D eigenvalue weighted by molar-refractivity contribution is 1.17. The highest BCUT2D eigenvalue weighted by atomic mass is 79.9. The Morgan fingerprint density at radius 2 is 2.14 bits per heavy atom. The maximum absolute atomic E-state index is 3.33. The summed E-state index contributed by atoms with van der Waals surface area (Å²) in [5.41, 5.74) is 0. The number of alkyl halides is 1. The Hall–Kier alpha value is 0.220. The van der Waals surface area contributed by atoms with Gasteiger partial charge in [-0.05, 0) is 12.8 Å². The monoisotopic (exact) mass is 162 g/mol. The minimum Gasteiger partial charge on any atom is -0.0925 e. The lowest BCUT2D eigenvalue weighted by atomic mass is 10.4. The van der Waals surface area contributed by atoms with Gasteiger partial charge in [0.2, 0.25) is 0 Å². The van der Waals surface area contributed by atoms with Crippen LogP contribution in [0.5, 0.6) is 0 Å². The molecule has 0 aliphatic heterocycles. The molecule has 0 aliphatic rings. The van der Waals surface area contributed by atoms with Gasteiger partial charge in [0, 0.05) is 5.33 Å². The van der Waals surface area contributed by atoms with Gasteiger partial charge in [-0.15, -0.1) is 0 Å². The van der Waals surface area contributed by atoms with Gasteiger partial charge >= 0.3 is 0 Å². The predicted molar refractivity (Wildman–Crippen MR) is 37.8 cm³/mol. The Bertz CT molecular complexity index is 48.1. The summed E-state index contributed by atoms with van der Waals surface area (Å²) in [4.78, 5) is 0. The molecule has 0 nitrogen and oxygen atoms in total. The second-order valence-corrected chi connectivity index (χ2v) is 2.15. The van der Waals surface area contributed by atoms with Crippen molar-refractivity contribution < 1.29 is 0 Å². The smallest absolute Gasteiger partial charge is 0.00659 e. The van der Waals surface area contributed by atoms with Crippen LogP contribution in [-0.2, 0) is 0 Å². The van der Waals surface area contributed by atoms with E-state index < -0.39 is 0 Å². The molecule has 0 aromatic rings. The maximum atomic E-state index is 3.33. The first-order valence-corrected chi connectivity index (χ1v) is 3.75. The molecule has 0 atom stereocenters. The SMILES string of the molecule is CC/C=C/CCBr. The van der Waals surface area contributed by atoms with E-state index in [1.54, 1.807) is 0 Å². The summed E-state index contributed by atoms with van der Waals surface area (Å²) in [6, 6.07) is 0. The van der Waals surface area contributed by atoms with E-state index in [9.17, 15) is 0 Å². The molecule has 0 radical (unpaired) electrons. The van der Waals surface area contributed by atoms with Crippen LogP contribution in [0, 0.1) is 0 Å². The third-order valence-corrected chi connectivity index (χ3v) is 1.14. The molecule has 0 unspecified atom stereocenters. The van der Waals surface area contributed by atoms with E-state index in [4.69, 9.17) is 0 Å². The van der Waals surface area contributed by atoms with Gasteiger partial charge in [-0.25, -0.2) is 0 Å². The lowest BCUT2D eigenvalue weighted by Crippen LogP contribution is -1.63. The van der Waals surface area contributed by atoms with Gasteiger partial charge in [0.1, 0.15) is 0 Å². The summed E-state index contributed by atoms with van der Waals surface area (Å²) in [7, 11) is 0. The van der Waals surface area contributed by atoms with Crippen LogP contribution in [0.25, 0.3) is 0 Å². The molecule has 7 heavy (non-hydrogen) atoms. The van der Waals surface area contributed by atoms with Crippen molar-refractivity contribution in [2.45, 2.75) is 19.8 Å². The molecule has 0 heterocycles. The fourth-order valence-corrected chi connectivity index (χ4v) is 0.612. The minimum atomic E-state index is 1.09. The molecule has 0 rings (SSSR count). The van der Waals surface area contributed by atoms with Crippen molar-refractivity contribution in [3.05, 3.63) is 12.2 Å².